The maximum atomic E-state index is 12.6. The number of rotatable bonds is 5. The number of fused-ring (bicyclic) bond motifs is 1. The summed E-state index contributed by atoms with van der Waals surface area (Å²) in [6.07, 6.45) is 0.0460. The Balaban J connectivity index is 1.72. The molecule has 136 valence electrons. The van der Waals surface area contributed by atoms with Crippen molar-refractivity contribution in [2.24, 2.45) is 0 Å². The first-order valence-electron chi connectivity index (χ1n) is 7.79. The Morgan fingerprint density at radius 3 is 2.92 bits per heavy atom. The molecule has 2 aromatic rings. The first-order chi connectivity index (χ1) is 12.5. The fourth-order valence-electron chi connectivity index (χ4n) is 2.43. The van der Waals surface area contributed by atoms with Crippen LogP contribution in [-0.2, 0) is 25.5 Å². The van der Waals surface area contributed by atoms with E-state index in [4.69, 9.17) is 4.74 Å². The summed E-state index contributed by atoms with van der Waals surface area (Å²) in [5.74, 6) is -0.409. The van der Waals surface area contributed by atoms with Crippen molar-refractivity contribution in [2.75, 3.05) is 37.1 Å². The van der Waals surface area contributed by atoms with E-state index >= 15 is 0 Å². The Kier molecular flexibility index (Phi) is 5.17. The van der Waals surface area contributed by atoms with Crippen LogP contribution in [0, 0.1) is 0 Å². The zero-order valence-corrected chi connectivity index (χ0v) is 15.1. The maximum absolute atomic E-state index is 12.6. The maximum Gasteiger partial charge on any atom is 0.311 e. The van der Waals surface area contributed by atoms with E-state index in [1.807, 2.05) is 0 Å². The predicted octanol–water partition coefficient (Wildman–Crippen LogP) is 1.25. The number of hydrogen-bond acceptors (Lipinski definition) is 7. The summed E-state index contributed by atoms with van der Waals surface area (Å²) in [5, 5.41) is 2.15. The molecule has 0 bridgehead atoms. The highest BCUT2D eigenvalue weighted by atomic mass is 32.1. The van der Waals surface area contributed by atoms with Crippen molar-refractivity contribution in [3.63, 3.8) is 0 Å². The van der Waals surface area contributed by atoms with Gasteiger partial charge in [-0.05, 0) is 12.1 Å². The topological polar surface area (TPSA) is 89.0 Å². The van der Waals surface area contributed by atoms with Crippen LogP contribution in [0.3, 0.4) is 0 Å². The number of hydrogen-bond donors (Lipinski definition) is 0. The van der Waals surface area contributed by atoms with Crippen LogP contribution in [-0.4, -0.2) is 50.1 Å². The number of carbonyl (C=O) groups excluding carboxylic acids is 3. The van der Waals surface area contributed by atoms with Gasteiger partial charge in [0.25, 0.3) is 5.91 Å². The van der Waals surface area contributed by atoms with Crippen LogP contribution >= 0.6 is 11.3 Å². The molecule has 3 rings (SSSR count). The van der Waals surface area contributed by atoms with Crippen LogP contribution in [0.15, 0.2) is 29.6 Å². The summed E-state index contributed by atoms with van der Waals surface area (Å²) in [6.45, 7) is -0.226. The number of amides is 2. The molecule has 0 atom stereocenters. The van der Waals surface area contributed by atoms with Crippen molar-refractivity contribution >= 4 is 39.9 Å². The van der Waals surface area contributed by atoms with Gasteiger partial charge in [0, 0.05) is 12.4 Å². The zero-order valence-electron chi connectivity index (χ0n) is 14.3. The smallest absolute Gasteiger partial charge is 0.311 e. The van der Waals surface area contributed by atoms with Gasteiger partial charge in [-0.1, -0.05) is 12.1 Å². The third-order valence-electron chi connectivity index (χ3n) is 3.86. The zero-order chi connectivity index (χ0) is 18.7. The lowest BCUT2D eigenvalue weighted by Gasteiger charge is -2.29. The SMILES string of the molecule is COC(=O)Cc1csc(N(C)C(=O)CN2C(=O)COc3ccccc32)n1. The third-order valence-corrected chi connectivity index (χ3v) is 4.82. The number of nitrogens with zero attached hydrogens (tertiary/aromatic N) is 3. The molecule has 8 nitrogen and oxygen atoms in total. The van der Waals surface area contributed by atoms with Crippen LogP contribution in [0.4, 0.5) is 10.8 Å². The second kappa shape index (κ2) is 7.52. The molecule has 2 heterocycles. The third kappa shape index (κ3) is 3.67. The van der Waals surface area contributed by atoms with E-state index in [0.29, 0.717) is 22.3 Å². The van der Waals surface area contributed by atoms with Crippen LogP contribution in [0.25, 0.3) is 0 Å². The fraction of sp³-hybridized carbons (Fsp3) is 0.294. The Labute approximate surface area is 153 Å². The first-order valence-corrected chi connectivity index (χ1v) is 8.67. The monoisotopic (exact) mass is 375 g/mol. The molecule has 0 fully saturated rings. The first kappa shape index (κ1) is 17.9. The second-order valence-corrected chi connectivity index (χ2v) is 6.40. The van der Waals surface area contributed by atoms with E-state index in [1.54, 1.807) is 36.7 Å². The standard InChI is InChI=1S/C17H17N3O5S/c1-19(17-18-11(10-26-17)7-16(23)24-2)14(21)8-20-12-5-3-4-6-13(12)25-9-15(20)22/h3-6,10H,7-9H2,1-2H3. The molecule has 9 heteroatoms. The number of carbonyl (C=O) groups is 3. The molecular weight excluding hydrogens is 358 g/mol. The number of benzene rings is 1. The number of thiazole rings is 1. The Morgan fingerprint density at radius 2 is 2.15 bits per heavy atom. The van der Waals surface area contributed by atoms with E-state index in [0.717, 1.165) is 0 Å². The van der Waals surface area contributed by atoms with E-state index in [2.05, 4.69) is 9.72 Å². The molecule has 26 heavy (non-hydrogen) atoms. The molecule has 1 aromatic heterocycles. The van der Waals surface area contributed by atoms with Crippen molar-refractivity contribution in [2.45, 2.75) is 6.42 Å². The number of ether oxygens (including phenoxy) is 2. The van der Waals surface area contributed by atoms with Gasteiger partial charge in [0.15, 0.2) is 11.7 Å². The number of esters is 1. The van der Waals surface area contributed by atoms with E-state index in [9.17, 15) is 14.4 Å². The molecular formula is C17H17N3O5S. The highest BCUT2D eigenvalue weighted by Crippen LogP contribution is 2.31. The summed E-state index contributed by atoms with van der Waals surface area (Å²) in [7, 11) is 2.89. The van der Waals surface area contributed by atoms with E-state index < -0.39 is 5.97 Å². The molecule has 1 aliphatic rings. The predicted molar refractivity (Wildman–Crippen MR) is 95.5 cm³/mol. The van der Waals surface area contributed by atoms with Crippen molar-refractivity contribution in [1.82, 2.24) is 4.98 Å². The largest absolute Gasteiger partial charge is 0.482 e. The average Bonchev–Trinajstić information content (AvgIpc) is 3.11. The van der Waals surface area contributed by atoms with Crippen LogP contribution in [0.2, 0.25) is 0 Å². The minimum absolute atomic E-state index is 0.0460. The summed E-state index contributed by atoms with van der Waals surface area (Å²) >= 11 is 1.24. The molecule has 2 amide bonds. The molecule has 1 aromatic carbocycles. The van der Waals surface area contributed by atoms with Crippen molar-refractivity contribution in [3.05, 3.63) is 35.3 Å². The second-order valence-electron chi connectivity index (χ2n) is 5.56. The molecule has 0 unspecified atom stereocenters. The molecule has 0 saturated carbocycles. The summed E-state index contributed by atoms with van der Waals surface area (Å²) < 4.78 is 9.98. The number of anilines is 2. The van der Waals surface area contributed by atoms with Crippen LogP contribution in [0.5, 0.6) is 5.75 Å². The Hall–Kier alpha value is -2.94. The van der Waals surface area contributed by atoms with E-state index in [1.165, 1.54) is 28.2 Å². The lowest BCUT2D eigenvalue weighted by molar-refractivity contribution is -0.139. The number of methoxy groups -OCH3 is 1. The fourth-order valence-corrected chi connectivity index (χ4v) is 3.23. The lowest BCUT2D eigenvalue weighted by atomic mass is 10.2. The molecule has 0 radical (unpaired) electrons. The van der Waals surface area contributed by atoms with Gasteiger partial charge in [0.05, 0.1) is 24.9 Å². The summed E-state index contributed by atoms with van der Waals surface area (Å²) in [6, 6.07) is 7.07. The van der Waals surface area contributed by atoms with Crippen LogP contribution < -0.4 is 14.5 Å². The van der Waals surface area contributed by atoms with Crippen molar-refractivity contribution in [1.29, 1.82) is 0 Å². The normalized spacial score (nSPS) is 13.0. The van der Waals surface area contributed by atoms with Crippen molar-refractivity contribution in [3.8, 4) is 5.75 Å². The van der Waals surface area contributed by atoms with Gasteiger partial charge in [-0.2, -0.15) is 0 Å². The summed E-state index contributed by atoms with van der Waals surface area (Å²) in [5.41, 5.74) is 1.10. The average molecular weight is 375 g/mol. The van der Waals surface area contributed by atoms with E-state index in [-0.39, 0.29) is 31.4 Å². The van der Waals surface area contributed by atoms with Gasteiger partial charge >= 0.3 is 5.97 Å². The molecule has 1 aliphatic heterocycles. The molecule has 0 saturated heterocycles. The van der Waals surface area contributed by atoms with Gasteiger partial charge in [-0.15, -0.1) is 11.3 Å². The molecule has 0 spiro atoms. The van der Waals surface area contributed by atoms with Gasteiger partial charge < -0.3 is 9.47 Å². The highest BCUT2D eigenvalue weighted by Gasteiger charge is 2.28. The molecule has 0 aliphatic carbocycles. The summed E-state index contributed by atoms with van der Waals surface area (Å²) in [4.78, 5) is 43.2. The molecule has 0 N–H and O–H groups in total. The van der Waals surface area contributed by atoms with Gasteiger partial charge in [-0.3, -0.25) is 24.2 Å². The van der Waals surface area contributed by atoms with Gasteiger partial charge in [0.1, 0.15) is 12.3 Å². The van der Waals surface area contributed by atoms with Gasteiger partial charge in [-0.25, -0.2) is 4.98 Å². The van der Waals surface area contributed by atoms with Crippen molar-refractivity contribution < 1.29 is 23.9 Å². The highest BCUT2D eigenvalue weighted by molar-refractivity contribution is 7.14. The number of aromatic nitrogens is 1. The minimum Gasteiger partial charge on any atom is -0.482 e. The van der Waals surface area contributed by atoms with Crippen LogP contribution in [0.1, 0.15) is 5.69 Å². The number of para-hydroxylation sites is 2. The lowest BCUT2D eigenvalue weighted by Crippen LogP contribution is -2.45. The van der Waals surface area contributed by atoms with Gasteiger partial charge in [0.2, 0.25) is 5.91 Å². The Morgan fingerprint density at radius 1 is 1.38 bits per heavy atom. The quantitative estimate of drug-likeness (QED) is 0.731. The number of likely N-dealkylation sites (N-methyl/N-ethyl adjacent to an activating group) is 1. The minimum atomic E-state index is -0.397. The Bertz CT molecular complexity index is 850.